The Kier molecular flexibility index (Phi) is 4.69. The van der Waals surface area contributed by atoms with Crippen LogP contribution >= 0.6 is 0 Å². The minimum absolute atomic E-state index is 0.284. The van der Waals surface area contributed by atoms with Gasteiger partial charge in [-0.3, -0.25) is 9.59 Å². The van der Waals surface area contributed by atoms with Crippen LogP contribution in [0.25, 0.3) is 0 Å². The highest BCUT2D eigenvalue weighted by Crippen LogP contribution is 2.30. The van der Waals surface area contributed by atoms with Gasteiger partial charge in [0.05, 0.1) is 5.56 Å². The molecule has 2 N–H and O–H groups in total. The van der Waals surface area contributed by atoms with Crippen molar-refractivity contribution in [3.05, 3.63) is 35.4 Å². The Morgan fingerprint density at radius 1 is 1.20 bits per heavy atom. The molecule has 4 nitrogen and oxygen atoms in total. The Hall–Kier alpha value is -2.12. The number of carbonyl (C=O) groups is 2. The van der Waals surface area contributed by atoms with Crippen LogP contribution in [0.5, 0.6) is 0 Å². The van der Waals surface area contributed by atoms with Crippen molar-refractivity contribution < 1.29 is 32.3 Å². The van der Waals surface area contributed by atoms with E-state index in [0.29, 0.717) is 12.1 Å². The van der Waals surface area contributed by atoms with Gasteiger partial charge in [-0.1, -0.05) is 12.1 Å². The second kappa shape index (κ2) is 5.89. The van der Waals surface area contributed by atoms with E-state index in [9.17, 15) is 27.2 Å². The van der Waals surface area contributed by atoms with Crippen molar-refractivity contribution in [2.75, 3.05) is 0 Å². The second-order valence-electron chi connectivity index (χ2n) is 4.05. The molecule has 0 radical (unpaired) electrons. The molecule has 0 aliphatic rings. The van der Waals surface area contributed by atoms with E-state index in [1.54, 1.807) is 0 Å². The Labute approximate surface area is 111 Å². The number of hydrogen-bond donors (Lipinski definition) is 2. The summed E-state index contributed by atoms with van der Waals surface area (Å²) in [5.41, 5.74) is -1.25. The van der Waals surface area contributed by atoms with Crippen molar-refractivity contribution in [1.29, 1.82) is 0 Å². The lowest BCUT2D eigenvalue weighted by atomic mass is 10.1. The van der Waals surface area contributed by atoms with Gasteiger partial charge in [0, 0.05) is 0 Å². The van der Waals surface area contributed by atoms with Crippen LogP contribution in [0, 0.1) is 0 Å². The highest BCUT2D eigenvalue weighted by atomic mass is 19.4. The Balaban J connectivity index is 2.80. The molecular weight excluding hydrogens is 282 g/mol. The van der Waals surface area contributed by atoms with Crippen molar-refractivity contribution in [1.82, 2.24) is 5.32 Å². The number of alkyl halides is 4. The fourth-order valence-electron chi connectivity index (χ4n) is 1.34. The van der Waals surface area contributed by atoms with E-state index in [0.717, 1.165) is 19.1 Å². The third kappa shape index (κ3) is 3.94. The van der Waals surface area contributed by atoms with Gasteiger partial charge in [-0.2, -0.15) is 13.2 Å². The van der Waals surface area contributed by atoms with Crippen molar-refractivity contribution in [2.24, 2.45) is 0 Å². The average molecular weight is 293 g/mol. The van der Waals surface area contributed by atoms with Gasteiger partial charge in [0.15, 0.2) is 0 Å². The maximum atomic E-state index is 13.7. The van der Waals surface area contributed by atoms with Crippen LogP contribution in [-0.2, 0) is 15.8 Å². The first-order valence-corrected chi connectivity index (χ1v) is 5.47. The molecule has 2 atom stereocenters. The van der Waals surface area contributed by atoms with Crippen molar-refractivity contribution >= 4 is 11.9 Å². The predicted octanol–water partition coefficient (Wildman–Crippen LogP) is 2.31. The van der Waals surface area contributed by atoms with E-state index >= 15 is 0 Å². The van der Waals surface area contributed by atoms with Crippen molar-refractivity contribution in [3.8, 4) is 0 Å². The predicted molar refractivity (Wildman–Crippen MR) is 60.5 cm³/mol. The highest BCUT2D eigenvalue weighted by Gasteiger charge is 2.31. The molecule has 1 rings (SSSR count). The van der Waals surface area contributed by atoms with E-state index in [-0.39, 0.29) is 5.56 Å². The van der Waals surface area contributed by atoms with Crippen LogP contribution in [-0.4, -0.2) is 23.0 Å². The van der Waals surface area contributed by atoms with Gasteiger partial charge in [0.25, 0.3) is 5.91 Å². The molecule has 1 aromatic rings. The molecule has 0 aromatic heterocycles. The molecule has 1 aromatic carbocycles. The first-order valence-electron chi connectivity index (χ1n) is 5.47. The molecule has 0 aliphatic carbocycles. The lowest BCUT2D eigenvalue weighted by Crippen LogP contribution is -2.40. The molecule has 1 unspecified atom stereocenters. The zero-order valence-electron chi connectivity index (χ0n) is 10.2. The smallest absolute Gasteiger partial charge is 0.416 e. The number of carboxylic acid groups (broad SMARTS) is 1. The van der Waals surface area contributed by atoms with Crippen LogP contribution in [0.4, 0.5) is 17.6 Å². The molecule has 0 saturated heterocycles. The summed E-state index contributed by atoms with van der Waals surface area (Å²) in [4.78, 5) is 21.9. The number of carbonyl (C=O) groups excluding carboxylic acids is 1. The number of rotatable bonds is 4. The zero-order valence-corrected chi connectivity index (χ0v) is 10.2. The number of halogens is 4. The van der Waals surface area contributed by atoms with E-state index < -0.39 is 35.8 Å². The van der Waals surface area contributed by atoms with Gasteiger partial charge in [-0.05, 0) is 24.6 Å². The summed E-state index contributed by atoms with van der Waals surface area (Å²) in [6.07, 6.45) is -6.79. The Morgan fingerprint density at radius 2 is 1.70 bits per heavy atom. The lowest BCUT2D eigenvalue weighted by molar-refractivity contribution is -0.142. The van der Waals surface area contributed by atoms with Gasteiger partial charge in [-0.25, -0.2) is 4.39 Å². The number of nitrogens with one attached hydrogen (secondary N) is 1. The third-order valence-electron chi connectivity index (χ3n) is 2.49. The SMILES string of the molecule is C[C@H](NC(=O)C(F)c1ccc(C(F)(F)F)cc1)C(=O)O. The van der Waals surface area contributed by atoms with Crippen LogP contribution in [0.3, 0.4) is 0 Å². The van der Waals surface area contributed by atoms with Gasteiger partial charge < -0.3 is 10.4 Å². The van der Waals surface area contributed by atoms with Gasteiger partial charge in [-0.15, -0.1) is 0 Å². The van der Waals surface area contributed by atoms with Crippen molar-refractivity contribution in [2.45, 2.75) is 25.3 Å². The fourth-order valence-corrected chi connectivity index (χ4v) is 1.34. The summed E-state index contributed by atoms with van der Waals surface area (Å²) < 4.78 is 50.6. The van der Waals surface area contributed by atoms with Crippen molar-refractivity contribution in [3.63, 3.8) is 0 Å². The molecular formula is C12H11F4NO3. The maximum absolute atomic E-state index is 13.7. The third-order valence-corrected chi connectivity index (χ3v) is 2.49. The summed E-state index contributed by atoms with van der Waals surface area (Å²) in [6, 6.07) is 1.66. The number of hydrogen-bond acceptors (Lipinski definition) is 2. The number of aliphatic carboxylic acids is 1. The van der Waals surface area contributed by atoms with E-state index in [4.69, 9.17) is 5.11 Å². The molecule has 0 aliphatic heterocycles. The number of amides is 1. The molecule has 0 heterocycles. The first-order chi connectivity index (χ1) is 9.12. The number of benzene rings is 1. The normalized spacial score (nSPS) is 14.4. The maximum Gasteiger partial charge on any atom is 0.416 e. The molecule has 0 bridgehead atoms. The highest BCUT2D eigenvalue weighted by molar-refractivity contribution is 5.86. The van der Waals surface area contributed by atoms with E-state index in [1.165, 1.54) is 0 Å². The van der Waals surface area contributed by atoms with Crippen LogP contribution in [0.15, 0.2) is 24.3 Å². The zero-order chi connectivity index (χ0) is 15.5. The Morgan fingerprint density at radius 3 is 2.10 bits per heavy atom. The number of carboxylic acids is 1. The largest absolute Gasteiger partial charge is 0.480 e. The van der Waals surface area contributed by atoms with E-state index in [2.05, 4.69) is 0 Å². The fraction of sp³-hybridized carbons (Fsp3) is 0.333. The van der Waals surface area contributed by atoms with Gasteiger partial charge in [0.1, 0.15) is 6.04 Å². The van der Waals surface area contributed by atoms with Gasteiger partial charge >= 0.3 is 12.1 Å². The first kappa shape index (κ1) is 15.9. The Bertz CT molecular complexity index is 498. The summed E-state index contributed by atoms with van der Waals surface area (Å²) in [5, 5.41) is 10.4. The molecule has 1 amide bonds. The van der Waals surface area contributed by atoms with E-state index in [1.807, 2.05) is 5.32 Å². The van der Waals surface area contributed by atoms with Crippen LogP contribution in [0.1, 0.15) is 24.2 Å². The summed E-state index contributed by atoms with van der Waals surface area (Å²) >= 11 is 0. The molecule has 110 valence electrons. The molecule has 0 fully saturated rings. The summed E-state index contributed by atoms with van der Waals surface area (Å²) in [6.45, 7) is 1.14. The average Bonchev–Trinajstić information content (AvgIpc) is 2.36. The summed E-state index contributed by atoms with van der Waals surface area (Å²) in [5.74, 6) is -2.57. The molecule has 0 saturated carbocycles. The molecule has 0 spiro atoms. The minimum atomic E-state index is -4.55. The second-order valence-corrected chi connectivity index (χ2v) is 4.05. The quantitative estimate of drug-likeness (QED) is 0.837. The monoisotopic (exact) mass is 293 g/mol. The lowest BCUT2D eigenvalue weighted by Gasteiger charge is -2.13. The molecule has 8 heteroatoms. The van der Waals surface area contributed by atoms with Gasteiger partial charge in [0.2, 0.25) is 6.17 Å². The van der Waals surface area contributed by atoms with Crippen LogP contribution in [0.2, 0.25) is 0 Å². The standard InChI is InChI=1S/C12H11F4NO3/c1-6(11(19)20)17-10(18)9(13)7-2-4-8(5-3-7)12(14,15)16/h2-6,9H,1H3,(H,17,18)(H,19,20)/t6-,9?/m0/s1. The minimum Gasteiger partial charge on any atom is -0.480 e. The summed E-state index contributed by atoms with van der Waals surface area (Å²) in [7, 11) is 0. The molecule has 20 heavy (non-hydrogen) atoms. The topological polar surface area (TPSA) is 66.4 Å². The van der Waals surface area contributed by atoms with Crippen LogP contribution < -0.4 is 5.32 Å².